The van der Waals surface area contributed by atoms with E-state index in [0.29, 0.717) is 34.6 Å². The van der Waals surface area contributed by atoms with Crippen LogP contribution >= 0.6 is 0 Å². The van der Waals surface area contributed by atoms with Crippen LogP contribution in [0.25, 0.3) is 11.0 Å². The fraction of sp³-hybridized carbons (Fsp3) is 0.303. The summed E-state index contributed by atoms with van der Waals surface area (Å²) >= 11 is 0. The third-order valence-corrected chi connectivity index (χ3v) is 8.28. The highest BCUT2D eigenvalue weighted by Gasteiger charge is 2.29. The van der Waals surface area contributed by atoms with Crippen molar-refractivity contribution in [3.63, 3.8) is 0 Å². The van der Waals surface area contributed by atoms with Gasteiger partial charge in [-0.3, -0.25) is 19.3 Å². The third kappa shape index (κ3) is 5.83. The second-order valence-corrected chi connectivity index (χ2v) is 11.4. The molecule has 1 atom stereocenters. The minimum atomic E-state index is -0.563. The van der Waals surface area contributed by atoms with Gasteiger partial charge in [0.15, 0.2) is 17.3 Å². The molecule has 11 heteroatoms. The van der Waals surface area contributed by atoms with Crippen LogP contribution in [0.1, 0.15) is 43.0 Å². The molecule has 1 saturated heterocycles. The number of fused-ring (bicyclic) bond motifs is 1. The second kappa shape index (κ2) is 12.0. The first-order chi connectivity index (χ1) is 21.5. The predicted octanol–water partition coefficient (Wildman–Crippen LogP) is 5.37. The van der Waals surface area contributed by atoms with Gasteiger partial charge in [0, 0.05) is 60.9 Å². The minimum Gasteiger partial charge on any atom is -0.448 e. The molecule has 3 aromatic heterocycles. The first kappa shape index (κ1) is 27.9. The number of hydrogen-bond acceptors (Lipinski definition) is 9. The highest BCUT2D eigenvalue weighted by Crippen LogP contribution is 2.40. The molecule has 44 heavy (non-hydrogen) atoms. The molecule has 2 fully saturated rings. The van der Waals surface area contributed by atoms with Crippen molar-refractivity contribution in [1.82, 2.24) is 29.8 Å². The summed E-state index contributed by atoms with van der Waals surface area (Å²) in [6, 6.07) is 16.1. The van der Waals surface area contributed by atoms with Gasteiger partial charge >= 0.3 is 0 Å². The van der Waals surface area contributed by atoms with Crippen LogP contribution in [0.3, 0.4) is 0 Å². The maximum Gasteiger partial charge on any atom is 0.295 e. The van der Waals surface area contributed by atoms with E-state index in [1.54, 1.807) is 36.8 Å². The summed E-state index contributed by atoms with van der Waals surface area (Å²) in [5, 5.41) is 7.31. The fourth-order valence-electron chi connectivity index (χ4n) is 5.69. The van der Waals surface area contributed by atoms with E-state index < -0.39 is 11.4 Å². The van der Waals surface area contributed by atoms with Crippen LogP contribution in [-0.2, 0) is 6.54 Å². The van der Waals surface area contributed by atoms with Gasteiger partial charge in [0.05, 0.1) is 17.9 Å². The molecule has 4 heterocycles. The van der Waals surface area contributed by atoms with E-state index in [9.17, 15) is 9.18 Å². The van der Waals surface area contributed by atoms with Gasteiger partial charge < -0.3 is 20.3 Å². The molecule has 1 saturated carbocycles. The van der Waals surface area contributed by atoms with Gasteiger partial charge in [0.25, 0.3) is 5.56 Å². The average Bonchev–Trinajstić information content (AvgIpc) is 3.91. The summed E-state index contributed by atoms with van der Waals surface area (Å²) in [7, 11) is 2.13. The number of nitrogens with zero attached hydrogens (tertiary/aromatic N) is 6. The molecule has 1 unspecified atom stereocenters. The van der Waals surface area contributed by atoms with Crippen LogP contribution < -0.4 is 25.8 Å². The third-order valence-electron chi connectivity index (χ3n) is 8.28. The molecule has 7 rings (SSSR count). The number of likely N-dealkylation sites (N-methyl/N-ethyl adjacent to an activating group) is 1. The van der Waals surface area contributed by atoms with Crippen molar-refractivity contribution in [3.05, 3.63) is 101 Å². The quantitative estimate of drug-likeness (QED) is 0.233. The van der Waals surface area contributed by atoms with Crippen molar-refractivity contribution in [2.24, 2.45) is 0 Å². The number of halogens is 1. The Bertz CT molecular complexity index is 1850. The fourth-order valence-corrected chi connectivity index (χ4v) is 5.69. The van der Waals surface area contributed by atoms with E-state index in [4.69, 9.17) is 9.72 Å². The second-order valence-electron chi connectivity index (χ2n) is 11.4. The van der Waals surface area contributed by atoms with Crippen molar-refractivity contribution >= 4 is 28.4 Å². The zero-order valence-corrected chi connectivity index (χ0v) is 24.4. The number of pyridine rings is 1. The Morgan fingerprint density at radius 2 is 1.86 bits per heavy atom. The van der Waals surface area contributed by atoms with E-state index in [-0.39, 0.29) is 18.0 Å². The summed E-state index contributed by atoms with van der Waals surface area (Å²) in [6.45, 7) is 2.19. The Morgan fingerprint density at radius 1 is 1.05 bits per heavy atom. The maximum atomic E-state index is 14.5. The number of benzene rings is 2. The zero-order chi connectivity index (χ0) is 30.0. The first-order valence-electron chi connectivity index (χ1n) is 15.0. The molecule has 10 nitrogen and oxygen atoms in total. The number of para-hydroxylation sites is 1. The Morgan fingerprint density at radius 3 is 2.64 bits per heavy atom. The Balaban J connectivity index is 1.22. The Hall–Kier alpha value is -4.90. The smallest absolute Gasteiger partial charge is 0.295 e. The number of nitrogens with one attached hydrogen (secondary N) is 2. The largest absolute Gasteiger partial charge is 0.448 e. The lowest BCUT2D eigenvalue weighted by atomic mass is 10.1. The molecule has 1 aliphatic heterocycles. The van der Waals surface area contributed by atoms with Gasteiger partial charge in [0.1, 0.15) is 5.65 Å². The number of ether oxygens (including phenoxy) is 1. The van der Waals surface area contributed by atoms with Crippen LogP contribution in [0, 0.1) is 5.82 Å². The predicted molar refractivity (Wildman–Crippen MR) is 167 cm³/mol. The van der Waals surface area contributed by atoms with Crippen molar-refractivity contribution in [2.45, 2.75) is 44.2 Å². The lowest BCUT2D eigenvalue weighted by Crippen LogP contribution is -2.44. The number of aromatic nitrogens is 5. The summed E-state index contributed by atoms with van der Waals surface area (Å²) in [5.41, 5.74) is 3.48. The molecule has 1 aliphatic carbocycles. The van der Waals surface area contributed by atoms with Crippen LogP contribution in [0.2, 0.25) is 0 Å². The monoisotopic (exact) mass is 592 g/mol. The molecule has 2 N–H and O–H groups in total. The van der Waals surface area contributed by atoms with Gasteiger partial charge in [-0.25, -0.2) is 9.37 Å². The molecule has 5 aromatic rings. The summed E-state index contributed by atoms with van der Waals surface area (Å²) < 4.78 is 21.7. The number of rotatable bonds is 9. The van der Waals surface area contributed by atoms with Crippen molar-refractivity contribution in [1.29, 1.82) is 0 Å². The van der Waals surface area contributed by atoms with Gasteiger partial charge in [0.2, 0.25) is 5.95 Å². The molecule has 0 amide bonds. The van der Waals surface area contributed by atoms with E-state index in [1.807, 2.05) is 12.1 Å². The Labute approximate surface area is 254 Å². The average molecular weight is 593 g/mol. The van der Waals surface area contributed by atoms with Gasteiger partial charge in [-0.05, 0) is 74.7 Å². The lowest BCUT2D eigenvalue weighted by Gasteiger charge is -2.33. The normalized spacial score (nSPS) is 16.5. The lowest BCUT2D eigenvalue weighted by molar-refractivity contribution is 0.433. The first-order valence-corrected chi connectivity index (χ1v) is 15.0. The van der Waals surface area contributed by atoms with E-state index >= 15 is 0 Å². The van der Waals surface area contributed by atoms with Crippen molar-refractivity contribution < 1.29 is 9.13 Å². The van der Waals surface area contributed by atoms with E-state index in [1.165, 1.54) is 29.5 Å². The number of hydrogen-bond donors (Lipinski definition) is 2. The molecule has 2 aromatic carbocycles. The van der Waals surface area contributed by atoms with Crippen LogP contribution in [0.4, 0.5) is 21.7 Å². The summed E-state index contributed by atoms with van der Waals surface area (Å²) in [6.07, 6.45) is 9.36. The Kier molecular flexibility index (Phi) is 7.61. The highest BCUT2D eigenvalue weighted by atomic mass is 19.1. The highest BCUT2D eigenvalue weighted by molar-refractivity contribution is 5.77. The molecule has 0 bridgehead atoms. The molecular weight excluding hydrogens is 559 g/mol. The SMILES string of the molecule is CN(c1ccc(Nc2ncc3cc(Oc4ccccc4F)c(=O)n(Cc4nccnc4C4CC4)c3n2)cc1)C1CCCNC1. The van der Waals surface area contributed by atoms with Crippen LogP contribution in [-0.4, -0.2) is 50.7 Å². The maximum absolute atomic E-state index is 14.5. The topological polar surface area (TPSA) is 110 Å². The molecule has 2 aliphatic rings. The van der Waals surface area contributed by atoms with Gasteiger partial charge in [-0.2, -0.15) is 4.98 Å². The summed E-state index contributed by atoms with van der Waals surface area (Å²) in [4.78, 5) is 34.6. The van der Waals surface area contributed by atoms with Crippen molar-refractivity contribution in [2.75, 3.05) is 30.4 Å². The molecule has 224 valence electrons. The van der Waals surface area contributed by atoms with Crippen LogP contribution in [0.5, 0.6) is 11.5 Å². The van der Waals surface area contributed by atoms with Gasteiger partial charge in [-0.15, -0.1) is 0 Å². The zero-order valence-electron chi connectivity index (χ0n) is 24.4. The molecule has 0 spiro atoms. The number of anilines is 3. The minimum absolute atomic E-state index is 0.0309. The summed E-state index contributed by atoms with van der Waals surface area (Å²) in [5.74, 6) is 0.0413. The van der Waals surface area contributed by atoms with Crippen molar-refractivity contribution in [3.8, 4) is 11.5 Å². The van der Waals surface area contributed by atoms with Crippen LogP contribution in [0.15, 0.2) is 78.0 Å². The van der Waals surface area contributed by atoms with E-state index in [2.05, 4.69) is 49.7 Å². The standard InChI is InChI=1S/C33H33FN8O2/c1-41(25-5-4-14-35-19-25)24-12-10-23(11-13-24)39-33-38-18-22-17-29(44-28-7-3-2-6-26(28)34)32(43)42(31(22)40-33)20-27-30(21-8-9-21)37-16-15-36-27/h2-3,6-7,10-13,15-18,21,25,35H,4-5,8-9,14,19-20H2,1H3,(H,38,39,40). The van der Waals surface area contributed by atoms with E-state index in [0.717, 1.165) is 43.0 Å². The number of piperidine rings is 1. The molecular formula is C33H33FN8O2. The molecule has 0 radical (unpaired) electrons. The van der Waals surface area contributed by atoms with Gasteiger partial charge in [-0.1, -0.05) is 12.1 Å².